The van der Waals surface area contributed by atoms with Crippen LogP contribution in [0.3, 0.4) is 0 Å². The molecule has 4 rings (SSSR count). The fraction of sp³-hybridized carbons (Fsp3) is 0.320. The first-order valence-corrected chi connectivity index (χ1v) is 10.6. The third-order valence-electron chi connectivity index (χ3n) is 5.64. The second-order valence-corrected chi connectivity index (χ2v) is 7.60. The number of carboxylic acid groups (broad SMARTS) is 1. The Morgan fingerprint density at radius 1 is 1.03 bits per heavy atom. The normalized spacial score (nSPS) is 13.5. The maximum absolute atomic E-state index is 11.2. The van der Waals surface area contributed by atoms with Crippen molar-refractivity contribution in [2.45, 2.75) is 38.2 Å². The van der Waals surface area contributed by atoms with Gasteiger partial charge in [-0.05, 0) is 60.7 Å². The lowest BCUT2D eigenvalue weighted by Crippen LogP contribution is -2.26. The molecule has 0 aliphatic heterocycles. The molecule has 3 aromatic rings. The Hall–Kier alpha value is -3.25. The van der Waals surface area contributed by atoms with Gasteiger partial charge in [0.25, 0.3) is 0 Å². The Balaban J connectivity index is 1.31. The molecule has 6 nitrogen and oxygen atoms in total. The summed E-state index contributed by atoms with van der Waals surface area (Å²) in [4.78, 5) is 19.8. The molecule has 0 bridgehead atoms. The van der Waals surface area contributed by atoms with Crippen molar-refractivity contribution in [2.24, 2.45) is 0 Å². The number of pyridine rings is 2. The zero-order chi connectivity index (χ0) is 21.6. The molecule has 1 aliphatic carbocycles. The van der Waals surface area contributed by atoms with Crippen LogP contribution in [0.5, 0.6) is 5.75 Å². The van der Waals surface area contributed by atoms with Crippen molar-refractivity contribution in [3.8, 4) is 16.9 Å². The molecule has 0 saturated carbocycles. The first-order valence-electron chi connectivity index (χ1n) is 10.6. The van der Waals surface area contributed by atoms with Crippen molar-refractivity contribution in [1.29, 1.82) is 0 Å². The molecule has 0 spiro atoms. The van der Waals surface area contributed by atoms with Crippen LogP contribution in [0.25, 0.3) is 11.1 Å². The Labute approximate surface area is 181 Å². The van der Waals surface area contributed by atoms with Gasteiger partial charge in [-0.25, -0.2) is 4.79 Å². The smallest absolute Gasteiger partial charge is 0.333 e. The molecule has 160 valence electrons. The summed E-state index contributed by atoms with van der Waals surface area (Å²) in [6, 6.07) is 11.8. The predicted octanol–water partition coefficient (Wildman–Crippen LogP) is 4.48. The summed E-state index contributed by atoms with van der Waals surface area (Å²) in [7, 11) is 0. The largest absolute Gasteiger partial charge is 0.494 e. The van der Waals surface area contributed by atoms with E-state index in [0.29, 0.717) is 25.6 Å². The number of carboxylic acids is 1. The quantitative estimate of drug-likeness (QED) is 0.489. The van der Waals surface area contributed by atoms with Gasteiger partial charge in [0.2, 0.25) is 0 Å². The highest BCUT2D eigenvalue weighted by Gasteiger charge is 2.28. The number of aromatic nitrogens is 2. The monoisotopic (exact) mass is 418 g/mol. The molecular weight excluding hydrogens is 392 g/mol. The second-order valence-electron chi connectivity index (χ2n) is 7.60. The Morgan fingerprint density at radius 2 is 1.68 bits per heavy atom. The fourth-order valence-corrected chi connectivity index (χ4v) is 4.18. The lowest BCUT2D eigenvalue weighted by atomic mass is 9.93. The summed E-state index contributed by atoms with van der Waals surface area (Å²) in [5, 5.41) is 9.22. The summed E-state index contributed by atoms with van der Waals surface area (Å²) >= 11 is 0. The van der Waals surface area contributed by atoms with Crippen molar-refractivity contribution in [1.82, 2.24) is 9.97 Å². The SMILES string of the molecule is CCOC(Cc1ccc(OCCCC2c3ccncc3-c3cnccc32)cc1)C(=O)O. The van der Waals surface area contributed by atoms with Crippen molar-refractivity contribution < 1.29 is 19.4 Å². The minimum Gasteiger partial charge on any atom is -0.494 e. The first-order chi connectivity index (χ1) is 15.2. The van der Waals surface area contributed by atoms with Crippen LogP contribution >= 0.6 is 0 Å². The highest BCUT2D eigenvalue weighted by Crippen LogP contribution is 2.45. The average Bonchev–Trinajstić information content (AvgIpc) is 3.11. The van der Waals surface area contributed by atoms with Gasteiger partial charge in [0.15, 0.2) is 6.10 Å². The van der Waals surface area contributed by atoms with Gasteiger partial charge in [0.05, 0.1) is 6.61 Å². The summed E-state index contributed by atoms with van der Waals surface area (Å²) in [6.07, 6.45) is 8.98. The molecule has 0 radical (unpaired) electrons. The first kappa shape index (κ1) is 21.0. The van der Waals surface area contributed by atoms with Crippen molar-refractivity contribution >= 4 is 5.97 Å². The van der Waals surface area contributed by atoms with E-state index in [1.165, 1.54) is 22.3 Å². The number of ether oxygens (including phenoxy) is 2. The highest BCUT2D eigenvalue weighted by molar-refractivity contribution is 5.77. The van der Waals surface area contributed by atoms with Crippen molar-refractivity contribution in [2.75, 3.05) is 13.2 Å². The van der Waals surface area contributed by atoms with Crippen LogP contribution in [0.2, 0.25) is 0 Å². The van der Waals surface area contributed by atoms with Crippen molar-refractivity contribution in [3.05, 3.63) is 77.9 Å². The molecule has 31 heavy (non-hydrogen) atoms. The minimum absolute atomic E-state index is 0.341. The van der Waals surface area contributed by atoms with E-state index in [1.807, 2.05) is 49.1 Å². The average molecular weight is 418 g/mol. The van der Waals surface area contributed by atoms with E-state index in [9.17, 15) is 9.90 Å². The van der Waals surface area contributed by atoms with E-state index in [2.05, 4.69) is 22.1 Å². The number of benzene rings is 1. The van der Waals surface area contributed by atoms with Crippen LogP contribution < -0.4 is 4.74 Å². The van der Waals surface area contributed by atoms with Gasteiger partial charge in [0.1, 0.15) is 5.75 Å². The third kappa shape index (κ3) is 4.75. The molecule has 1 unspecified atom stereocenters. The van der Waals surface area contributed by atoms with E-state index in [4.69, 9.17) is 9.47 Å². The summed E-state index contributed by atoms with van der Waals surface area (Å²) in [6.45, 7) is 2.79. The maximum Gasteiger partial charge on any atom is 0.333 e. The van der Waals surface area contributed by atoms with Crippen LogP contribution in [0.4, 0.5) is 0 Å². The molecule has 0 amide bonds. The van der Waals surface area contributed by atoms with E-state index >= 15 is 0 Å². The standard InChI is InChI=1S/C25H26N2O4/c1-2-30-24(25(28)29)14-17-5-7-18(8-6-17)31-13-3-4-19-20-9-11-26-15-22(20)23-16-27-12-10-21(19)23/h5-12,15-16,19,24H,2-4,13-14H2,1H3,(H,28,29). The van der Waals surface area contributed by atoms with Crippen molar-refractivity contribution in [3.63, 3.8) is 0 Å². The van der Waals surface area contributed by atoms with Gasteiger partial charge in [0, 0.05) is 54.9 Å². The van der Waals surface area contributed by atoms with Crippen LogP contribution in [-0.4, -0.2) is 40.4 Å². The van der Waals surface area contributed by atoms with Crippen LogP contribution in [0, 0.1) is 0 Å². The Morgan fingerprint density at radius 3 is 2.26 bits per heavy atom. The van der Waals surface area contributed by atoms with Crippen LogP contribution in [0.1, 0.15) is 42.4 Å². The predicted molar refractivity (Wildman–Crippen MR) is 117 cm³/mol. The minimum atomic E-state index is -0.941. The van der Waals surface area contributed by atoms with Gasteiger partial charge in [-0.2, -0.15) is 0 Å². The zero-order valence-corrected chi connectivity index (χ0v) is 17.5. The molecule has 1 aromatic carbocycles. The number of aliphatic carboxylic acids is 1. The number of nitrogens with zero attached hydrogens (tertiary/aromatic N) is 2. The topological polar surface area (TPSA) is 81.5 Å². The number of fused-ring (bicyclic) bond motifs is 3. The molecule has 2 heterocycles. The molecule has 1 atom stereocenters. The molecule has 1 N–H and O–H groups in total. The lowest BCUT2D eigenvalue weighted by Gasteiger charge is -2.14. The molecule has 2 aromatic heterocycles. The fourth-order valence-electron chi connectivity index (χ4n) is 4.18. The van der Waals surface area contributed by atoms with Crippen LogP contribution in [0.15, 0.2) is 61.2 Å². The Bertz CT molecular complexity index is 990. The summed E-state index contributed by atoms with van der Waals surface area (Å²) < 4.78 is 11.2. The third-order valence-corrected chi connectivity index (χ3v) is 5.64. The number of hydrogen-bond acceptors (Lipinski definition) is 5. The summed E-state index contributed by atoms with van der Waals surface area (Å²) in [5.74, 6) is 0.185. The van der Waals surface area contributed by atoms with Gasteiger partial charge >= 0.3 is 5.97 Å². The molecule has 0 fully saturated rings. The maximum atomic E-state index is 11.2. The van der Waals surface area contributed by atoms with E-state index < -0.39 is 12.1 Å². The molecule has 1 aliphatic rings. The van der Waals surface area contributed by atoms with Gasteiger partial charge < -0.3 is 14.6 Å². The number of hydrogen-bond donors (Lipinski definition) is 1. The van der Waals surface area contributed by atoms with Gasteiger partial charge in [-0.1, -0.05) is 12.1 Å². The van der Waals surface area contributed by atoms with E-state index in [1.54, 1.807) is 6.92 Å². The molecule has 6 heteroatoms. The van der Waals surface area contributed by atoms with Gasteiger partial charge in [-0.15, -0.1) is 0 Å². The summed E-state index contributed by atoms with van der Waals surface area (Å²) in [5.41, 5.74) is 5.89. The van der Waals surface area contributed by atoms with Gasteiger partial charge in [-0.3, -0.25) is 9.97 Å². The Kier molecular flexibility index (Phi) is 6.57. The second kappa shape index (κ2) is 9.71. The highest BCUT2D eigenvalue weighted by atomic mass is 16.5. The number of carbonyl (C=O) groups is 1. The lowest BCUT2D eigenvalue weighted by molar-refractivity contribution is -0.149. The van der Waals surface area contributed by atoms with E-state index in [0.717, 1.165) is 24.2 Å². The molecule has 0 saturated heterocycles. The zero-order valence-electron chi connectivity index (χ0n) is 17.5. The number of rotatable bonds is 10. The van der Waals surface area contributed by atoms with E-state index in [-0.39, 0.29) is 0 Å². The van der Waals surface area contributed by atoms with Crippen LogP contribution in [-0.2, 0) is 16.0 Å². The molecular formula is C25H26N2O4.